The largest absolute Gasteiger partial charge is 0.497 e. The summed E-state index contributed by atoms with van der Waals surface area (Å²) in [5.41, 5.74) is 13.5. The summed E-state index contributed by atoms with van der Waals surface area (Å²) in [4.78, 5) is 23.8. The molecule has 0 aliphatic carbocycles. The van der Waals surface area contributed by atoms with Crippen molar-refractivity contribution in [3.63, 3.8) is 0 Å². The number of carbonyl (C=O) groups excluding carboxylic acids is 2. The first-order chi connectivity index (χ1) is 13.6. The predicted molar refractivity (Wildman–Crippen MR) is 112 cm³/mol. The van der Waals surface area contributed by atoms with Crippen molar-refractivity contribution in [2.24, 2.45) is 16.9 Å². The smallest absolute Gasteiger partial charge is 0.252 e. The zero-order valence-corrected chi connectivity index (χ0v) is 16.9. The van der Waals surface area contributed by atoms with E-state index in [1.165, 1.54) is 6.20 Å². The third-order valence-electron chi connectivity index (χ3n) is 5.40. The van der Waals surface area contributed by atoms with Gasteiger partial charge in [0.25, 0.3) is 5.91 Å². The number of nitrogens with zero attached hydrogens (tertiary/aromatic N) is 2. The van der Waals surface area contributed by atoms with Gasteiger partial charge >= 0.3 is 0 Å². The highest BCUT2D eigenvalue weighted by Gasteiger charge is 2.33. The molecule has 0 unspecified atom stereocenters. The third kappa shape index (κ3) is 3.73. The second-order valence-corrected chi connectivity index (χ2v) is 7.54. The fourth-order valence-corrected chi connectivity index (χ4v) is 2.95. The van der Waals surface area contributed by atoms with Crippen molar-refractivity contribution in [2.75, 3.05) is 12.4 Å². The number of nitrogens with two attached hydrogens (primary N) is 2. The summed E-state index contributed by atoms with van der Waals surface area (Å²) in [7, 11) is 1.61. The number of carbonyl (C=O) groups is 2. The summed E-state index contributed by atoms with van der Waals surface area (Å²) in [5, 5.41) is 7.56. The molecule has 0 saturated carbocycles. The molecule has 1 aromatic carbocycles. The Morgan fingerprint density at radius 2 is 1.83 bits per heavy atom. The number of fused-ring (bicyclic) bond motifs is 1. The van der Waals surface area contributed by atoms with E-state index in [9.17, 15) is 9.59 Å². The fraction of sp³-hybridized carbons (Fsp3) is 0.286. The number of rotatable bonds is 7. The number of nitrogens with one attached hydrogen (secondary N) is 1. The van der Waals surface area contributed by atoms with Crippen LogP contribution in [0.2, 0.25) is 0 Å². The Kier molecular flexibility index (Phi) is 5.19. The van der Waals surface area contributed by atoms with Gasteiger partial charge in [-0.25, -0.2) is 4.52 Å². The van der Waals surface area contributed by atoms with Crippen molar-refractivity contribution in [1.82, 2.24) is 9.61 Å². The van der Waals surface area contributed by atoms with Crippen molar-refractivity contribution in [3.8, 4) is 16.9 Å². The van der Waals surface area contributed by atoms with Crippen LogP contribution in [0.5, 0.6) is 5.75 Å². The van der Waals surface area contributed by atoms with Gasteiger partial charge in [-0.2, -0.15) is 5.10 Å². The zero-order valence-electron chi connectivity index (χ0n) is 16.9. The standard InChI is InChI=1S/C21H25N5O3/c1-12(21(2,3)20(23)28)25-18-16(19(22)27)10-24-26-11-14(9-17(18)26)13-5-7-15(29-4)8-6-13/h5-12,25H,1-4H3,(H2,22,27)(H2,23,28)/t12-/m1/s1. The van der Waals surface area contributed by atoms with Crippen molar-refractivity contribution in [2.45, 2.75) is 26.8 Å². The van der Waals surface area contributed by atoms with Crippen LogP contribution in [0.15, 0.2) is 42.7 Å². The van der Waals surface area contributed by atoms with E-state index < -0.39 is 17.2 Å². The molecular weight excluding hydrogens is 370 g/mol. The SMILES string of the molecule is COc1ccc(-c2cc3c(N[C@H](C)C(C)(C)C(N)=O)c(C(N)=O)cnn3c2)cc1. The molecule has 2 heterocycles. The average molecular weight is 395 g/mol. The minimum Gasteiger partial charge on any atom is -0.497 e. The molecule has 0 aliphatic heterocycles. The number of anilines is 1. The van der Waals surface area contributed by atoms with E-state index in [2.05, 4.69) is 10.4 Å². The minimum atomic E-state index is -0.847. The summed E-state index contributed by atoms with van der Waals surface area (Å²) in [6.07, 6.45) is 3.27. The predicted octanol–water partition coefficient (Wildman–Crippen LogP) is 2.42. The summed E-state index contributed by atoms with van der Waals surface area (Å²) < 4.78 is 6.87. The molecule has 0 spiro atoms. The van der Waals surface area contributed by atoms with Gasteiger partial charge in [0.15, 0.2) is 0 Å². The molecule has 29 heavy (non-hydrogen) atoms. The van der Waals surface area contributed by atoms with Crippen molar-refractivity contribution in [3.05, 3.63) is 48.3 Å². The zero-order chi connectivity index (χ0) is 21.3. The van der Waals surface area contributed by atoms with Crippen LogP contribution in [0, 0.1) is 5.41 Å². The second kappa shape index (κ2) is 7.46. The molecule has 2 aromatic heterocycles. The van der Waals surface area contributed by atoms with Gasteiger partial charge in [-0.15, -0.1) is 0 Å². The number of primary amides is 2. The first-order valence-electron chi connectivity index (χ1n) is 9.17. The number of benzene rings is 1. The van der Waals surface area contributed by atoms with Gasteiger partial charge in [0.1, 0.15) is 5.75 Å². The Labute approximate surface area is 168 Å². The second-order valence-electron chi connectivity index (χ2n) is 7.54. The normalized spacial score (nSPS) is 12.6. The van der Waals surface area contributed by atoms with Crippen LogP contribution < -0.4 is 21.5 Å². The van der Waals surface area contributed by atoms with E-state index in [0.29, 0.717) is 11.2 Å². The summed E-state index contributed by atoms with van der Waals surface area (Å²) in [5.74, 6) is -0.298. The Hall–Kier alpha value is -3.55. The first kappa shape index (κ1) is 20.2. The highest BCUT2D eigenvalue weighted by Crippen LogP contribution is 2.32. The lowest BCUT2D eigenvalue weighted by molar-refractivity contribution is -0.126. The molecule has 3 aromatic rings. The van der Waals surface area contributed by atoms with Crippen LogP contribution in [0.3, 0.4) is 0 Å². The molecule has 3 rings (SSSR count). The van der Waals surface area contributed by atoms with Crippen LogP contribution in [-0.2, 0) is 4.79 Å². The molecule has 8 heteroatoms. The van der Waals surface area contributed by atoms with Crippen LogP contribution in [0.4, 0.5) is 5.69 Å². The minimum absolute atomic E-state index is 0.240. The van der Waals surface area contributed by atoms with Gasteiger partial charge < -0.3 is 21.5 Å². The first-order valence-corrected chi connectivity index (χ1v) is 9.17. The maximum atomic E-state index is 12.0. The Bertz CT molecular complexity index is 1070. The molecule has 152 valence electrons. The molecule has 5 N–H and O–H groups in total. The van der Waals surface area contributed by atoms with Gasteiger partial charge in [0, 0.05) is 17.8 Å². The van der Waals surface area contributed by atoms with Crippen molar-refractivity contribution in [1.29, 1.82) is 0 Å². The molecule has 0 aliphatic rings. The lowest BCUT2D eigenvalue weighted by Gasteiger charge is -2.30. The molecular formula is C21H25N5O3. The Balaban J connectivity index is 2.10. The molecule has 2 amide bonds. The van der Waals surface area contributed by atoms with Gasteiger partial charge in [-0.05, 0) is 44.5 Å². The topological polar surface area (TPSA) is 125 Å². The highest BCUT2D eigenvalue weighted by atomic mass is 16.5. The summed E-state index contributed by atoms with van der Waals surface area (Å²) >= 11 is 0. The Morgan fingerprint density at radius 3 is 2.38 bits per heavy atom. The molecule has 0 radical (unpaired) electrons. The lowest BCUT2D eigenvalue weighted by Crippen LogP contribution is -2.44. The number of hydrogen-bond acceptors (Lipinski definition) is 5. The van der Waals surface area contributed by atoms with Gasteiger partial charge in [0.2, 0.25) is 5.91 Å². The maximum Gasteiger partial charge on any atom is 0.252 e. The average Bonchev–Trinajstić information content (AvgIpc) is 3.12. The van der Waals surface area contributed by atoms with E-state index in [1.807, 2.05) is 43.5 Å². The van der Waals surface area contributed by atoms with Crippen molar-refractivity contribution < 1.29 is 14.3 Å². The van der Waals surface area contributed by atoms with Crippen molar-refractivity contribution >= 4 is 23.0 Å². The van der Waals surface area contributed by atoms with Gasteiger partial charge in [-0.3, -0.25) is 9.59 Å². The van der Waals surface area contributed by atoms with Gasteiger partial charge in [-0.1, -0.05) is 12.1 Å². The van der Waals surface area contributed by atoms with Crippen LogP contribution >= 0.6 is 0 Å². The van der Waals surface area contributed by atoms with E-state index in [0.717, 1.165) is 16.9 Å². The number of amides is 2. The van der Waals surface area contributed by atoms with E-state index >= 15 is 0 Å². The van der Waals surface area contributed by atoms with Crippen LogP contribution in [0.25, 0.3) is 16.6 Å². The highest BCUT2D eigenvalue weighted by molar-refractivity contribution is 6.02. The number of aromatic nitrogens is 2. The maximum absolute atomic E-state index is 12.0. The van der Waals surface area contributed by atoms with Crippen LogP contribution in [-0.4, -0.2) is 34.6 Å². The molecule has 0 fully saturated rings. The third-order valence-corrected chi connectivity index (χ3v) is 5.40. The summed E-state index contributed by atoms with van der Waals surface area (Å²) in [6, 6.07) is 9.17. The monoisotopic (exact) mass is 395 g/mol. The van der Waals surface area contributed by atoms with E-state index in [4.69, 9.17) is 16.2 Å². The lowest BCUT2D eigenvalue weighted by atomic mass is 9.84. The van der Waals surface area contributed by atoms with E-state index in [-0.39, 0.29) is 11.6 Å². The fourth-order valence-electron chi connectivity index (χ4n) is 2.95. The summed E-state index contributed by atoms with van der Waals surface area (Å²) in [6.45, 7) is 5.33. The quantitative estimate of drug-likeness (QED) is 0.567. The Morgan fingerprint density at radius 1 is 1.17 bits per heavy atom. The van der Waals surface area contributed by atoms with Gasteiger partial charge in [0.05, 0.1) is 35.5 Å². The van der Waals surface area contributed by atoms with Crippen LogP contribution in [0.1, 0.15) is 31.1 Å². The number of ether oxygens (including phenoxy) is 1. The molecule has 8 nitrogen and oxygen atoms in total. The van der Waals surface area contributed by atoms with E-state index in [1.54, 1.807) is 25.5 Å². The molecule has 0 saturated heterocycles. The number of methoxy groups -OCH3 is 1. The molecule has 0 bridgehead atoms. The molecule has 1 atom stereocenters. The number of hydrogen-bond donors (Lipinski definition) is 3.